The molecule has 0 aromatic heterocycles. The number of nitrogens with one attached hydrogen (secondary N) is 1. The van der Waals surface area contributed by atoms with Gasteiger partial charge in [-0.3, -0.25) is 9.00 Å². The minimum Gasteiger partial charge on any atom is -0.386 e. The largest absolute Gasteiger partial charge is 0.386 e. The summed E-state index contributed by atoms with van der Waals surface area (Å²) in [6.45, 7) is 3.44. The van der Waals surface area contributed by atoms with Gasteiger partial charge < -0.3 is 10.4 Å². The molecule has 6 heteroatoms. The van der Waals surface area contributed by atoms with Gasteiger partial charge in [-0.2, -0.15) is 0 Å². The fourth-order valence-electron chi connectivity index (χ4n) is 2.32. The number of aliphatic hydroxyl groups is 1. The third-order valence-corrected chi connectivity index (χ3v) is 5.05. The van der Waals surface area contributed by atoms with E-state index < -0.39 is 34.7 Å². The molecule has 128 valence electrons. The minimum absolute atomic E-state index is 0.329. The predicted molar refractivity (Wildman–Crippen MR) is 91.7 cm³/mol. The molecule has 4 nitrogen and oxygen atoms in total. The van der Waals surface area contributed by atoms with Crippen LogP contribution >= 0.6 is 0 Å². The molecule has 0 spiro atoms. The molecule has 2 aromatic rings. The monoisotopic (exact) mass is 349 g/mol. The van der Waals surface area contributed by atoms with Crippen LogP contribution in [-0.2, 0) is 10.8 Å². The lowest BCUT2D eigenvalue weighted by molar-refractivity contribution is 0.0849. The van der Waals surface area contributed by atoms with Gasteiger partial charge in [0.25, 0.3) is 5.91 Å². The highest BCUT2D eigenvalue weighted by Gasteiger charge is 2.21. The Morgan fingerprint density at radius 3 is 2.46 bits per heavy atom. The summed E-state index contributed by atoms with van der Waals surface area (Å²) < 4.78 is 25.0. The molecular formula is C18H20FNO3S. The van der Waals surface area contributed by atoms with Crippen molar-refractivity contribution >= 4 is 16.7 Å². The first kappa shape index (κ1) is 18.3. The standard InChI is InChI=1S/C18H20FNO3S/c1-3-24(23)16-7-5-4-6-15(16)18(22)20-12(2)17(21)13-8-10-14(19)11-9-13/h4-12,17,21H,3H2,1-2H3,(H,20,22). The van der Waals surface area contributed by atoms with Crippen LogP contribution in [0.25, 0.3) is 0 Å². The highest BCUT2D eigenvalue weighted by molar-refractivity contribution is 7.85. The number of halogens is 1. The summed E-state index contributed by atoms with van der Waals surface area (Å²) in [5.41, 5.74) is 0.838. The molecule has 3 unspecified atom stereocenters. The van der Waals surface area contributed by atoms with Crippen molar-refractivity contribution in [1.29, 1.82) is 0 Å². The summed E-state index contributed by atoms with van der Waals surface area (Å²) >= 11 is 0. The molecule has 0 aliphatic carbocycles. The van der Waals surface area contributed by atoms with Gasteiger partial charge in [0.2, 0.25) is 0 Å². The molecule has 0 saturated heterocycles. The molecule has 2 rings (SSSR count). The van der Waals surface area contributed by atoms with E-state index in [4.69, 9.17) is 0 Å². The van der Waals surface area contributed by atoms with Crippen LogP contribution in [0.3, 0.4) is 0 Å². The van der Waals surface area contributed by atoms with Crippen molar-refractivity contribution in [1.82, 2.24) is 5.32 Å². The molecule has 0 radical (unpaired) electrons. The summed E-state index contributed by atoms with van der Waals surface area (Å²) in [5, 5.41) is 13.0. The molecule has 0 heterocycles. The van der Waals surface area contributed by atoms with Gasteiger partial charge >= 0.3 is 0 Å². The van der Waals surface area contributed by atoms with Crippen molar-refractivity contribution in [3.8, 4) is 0 Å². The second kappa shape index (κ2) is 8.17. The minimum atomic E-state index is -1.25. The first-order valence-corrected chi connectivity index (χ1v) is 8.97. The number of amides is 1. The van der Waals surface area contributed by atoms with Crippen LogP contribution in [0.1, 0.15) is 35.9 Å². The van der Waals surface area contributed by atoms with E-state index in [1.54, 1.807) is 38.1 Å². The van der Waals surface area contributed by atoms with E-state index in [0.717, 1.165) is 0 Å². The van der Waals surface area contributed by atoms with Crippen molar-refractivity contribution in [3.63, 3.8) is 0 Å². The normalized spacial score (nSPS) is 14.7. The maximum absolute atomic E-state index is 13.0. The Balaban J connectivity index is 2.14. The molecule has 0 aliphatic rings. The highest BCUT2D eigenvalue weighted by atomic mass is 32.2. The number of rotatable bonds is 6. The Morgan fingerprint density at radius 2 is 1.83 bits per heavy atom. The van der Waals surface area contributed by atoms with E-state index in [1.807, 2.05) is 0 Å². The molecule has 3 atom stereocenters. The van der Waals surface area contributed by atoms with Crippen LogP contribution in [0.4, 0.5) is 4.39 Å². The number of hydrogen-bond acceptors (Lipinski definition) is 3. The van der Waals surface area contributed by atoms with Crippen molar-refractivity contribution in [3.05, 3.63) is 65.5 Å². The Kier molecular flexibility index (Phi) is 6.23. The lowest BCUT2D eigenvalue weighted by Crippen LogP contribution is -2.37. The van der Waals surface area contributed by atoms with Gasteiger partial charge in [0.05, 0.1) is 33.4 Å². The van der Waals surface area contributed by atoms with Crippen LogP contribution in [-0.4, -0.2) is 27.0 Å². The molecular weight excluding hydrogens is 329 g/mol. The Morgan fingerprint density at radius 1 is 1.21 bits per heavy atom. The fourth-order valence-corrected chi connectivity index (χ4v) is 3.27. The number of aliphatic hydroxyl groups excluding tert-OH is 1. The Labute approximate surface area is 143 Å². The van der Waals surface area contributed by atoms with E-state index in [-0.39, 0.29) is 0 Å². The van der Waals surface area contributed by atoms with E-state index >= 15 is 0 Å². The molecule has 24 heavy (non-hydrogen) atoms. The SMILES string of the molecule is CCS(=O)c1ccccc1C(=O)NC(C)C(O)c1ccc(F)cc1. The van der Waals surface area contributed by atoms with Crippen molar-refractivity contribution in [2.75, 3.05) is 5.75 Å². The topological polar surface area (TPSA) is 66.4 Å². The highest BCUT2D eigenvalue weighted by Crippen LogP contribution is 2.19. The maximum Gasteiger partial charge on any atom is 0.252 e. The third kappa shape index (κ3) is 4.27. The zero-order valence-electron chi connectivity index (χ0n) is 13.5. The van der Waals surface area contributed by atoms with Crippen molar-refractivity contribution < 1.29 is 18.5 Å². The van der Waals surface area contributed by atoms with Crippen molar-refractivity contribution in [2.45, 2.75) is 30.9 Å². The summed E-state index contributed by atoms with van der Waals surface area (Å²) in [5.74, 6) is -0.377. The molecule has 0 bridgehead atoms. The summed E-state index contributed by atoms with van der Waals surface area (Å²) in [6.07, 6.45) is -0.974. The van der Waals surface area contributed by atoms with E-state index in [9.17, 15) is 18.5 Å². The zero-order valence-corrected chi connectivity index (χ0v) is 14.3. The quantitative estimate of drug-likeness (QED) is 0.843. The summed E-state index contributed by atoms with van der Waals surface area (Å²) in [7, 11) is -1.25. The van der Waals surface area contributed by atoms with Crippen molar-refractivity contribution in [2.24, 2.45) is 0 Å². The third-order valence-electron chi connectivity index (χ3n) is 3.68. The smallest absolute Gasteiger partial charge is 0.252 e. The van der Waals surface area contributed by atoms with Gasteiger partial charge in [-0.05, 0) is 36.8 Å². The first-order chi connectivity index (χ1) is 11.4. The average molecular weight is 349 g/mol. The number of carbonyl (C=O) groups is 1. The van der Waals surface area contributed by atoms with Crippen LogP contribution < -0.4 is 5.32 Å². The average Bonchev–Trinajstić information content (AvgIpc) is 2.60. The van der Waals surface area contributed by atoms with Gasteiger partial charge in [0.1, 0.15) is 5.82 Å². The van der Waals surface area contributed by atoms with Crippen LogP contribution in [0.15, 0.2) is 53.4 Å². The number of hydrogen-bond donors (Lipinski definition) is 2. The van der Waals surface area contributed by atoms with Gasteiger partial charge in [-0.25, -0.2) is 4.39 Å². The maximum atomic E-state index is 13.0. The first-order valence-electron chi connectivity index (χ1n) is 7.65. The fraction of sp³-hybridized carbons (Fsp3) is 0.278. The number of benzene rings is 2. The second-order valence-electron chi connectivity index (χ2n) is 5.39. The Bertz CT molecular complexity index is 733. The van der Waals surface area contributed by atoms with E-state index in [1.165, 1.54) is 24.3 Å². The molecule has 1 amide bonds. The van der Waals surface area contributed by atoms with Gasteiger partial charge in [-0.1, -0.05) is 31.2 Å². The van der Waals surface area contributed by atoms with Gasteiger partial charge in [0, 0.05) is 5.75 Å². The Hall–Kier alpha value is -2.05. The summed E-state index contributed by atoms with van der Waals surface area (Å²) in [4.78, 5) is 12.9. The molecule has 2 aromatic carbocycles. The van der Waals surface area contributed by atoms with Gasteiger partial charge in [0.15, 0.2) is 0 Å². The zero-order chi connectivity index (χ0) is 17.7. The van der Waals surface area contributed by atoms with Gasteiger partial charge in [-0.15, -0.1) is 0 Å². The predicted octanol–water partition coefficient (Wildman–Crippen LogP) is 2.81. The number of carbonyl (C=O) groups excluding carboxylic acids is 1. The lowest BCUT2D eigenvalue weighted by Gasteiger charge is -2.21. The second-order valence-corrected chi connectivity index (χ2v) is 7.10. The van der Waals surface area contributed by atoms with E-state index in [2.05, 4.69) is 5.32 Å². The van der Waals surface area contributed by atoms with Crippen LogP contribution in [0, 0.1) is 5.82 Å². The van der Waals surface area contributed by atoms with Crippen LogP contribution in [0.2, 0.25) is 0 Å². The molecule has 2 N–H and O–H groups in total. The molecule has 0 aliphatic heterocycles. The van der Waals surface area contributed by atoms with E-state index in [0.29, 0.717) is 21.8 Å². The lowest BCUT2D eigenvalue weighted by atomic mass is 10.0. The summed E-state index contributed by atoms with van der Waals surface area (Å²) in [6, 6.07) is 11.6. The molecule has 0 saturated carbocycles. The molecule has 0 fully saturated rings. The van der Waals surface area contributed by atoms with Crippen LogP contribution in [0.5, 0.6) is 0 Å².